The number of benzene rings is 1. The van der Waals surface area contributed by atoms with E-state index < -0.39 is 0 Å². The van der Waals surface area contributed by atoms with E-state index in [1.165, 1.54) is 0 Å². The Morgan fingerprint density at radius 3 is 2.26 bits per heavy atom. The zero-order valence-electron chi connectivity index (χ0n) is 15.2. The summed E-state index contributed by atoms with van der Waals surface area (Å²) in [5.41, 5.74) is 1.50. The predicted octanol–water partition coefficient (Wildman–Crippen LogP) is 3.79. The standard InChI is InChI=1S/C18H31NO3.ClH/c1-17(2,3)13-18(4,5)19-12-14-7-8-15(22-10-9-20)16(11-14)21-6;/h7-8,11,19-20H,9-10,12-13H2,1-6H3;1H. The number of aliphatic hydroxyl groups excluding tert-OH is 1. The molecule has 0 atom stereocenters. The fraction of sp³-hybridized carbons (Fsp3) is 0.667. The topological polar surface area (TPSA) is 50.7 Å². The summed E-state index contributed by atoms with van der Waals surface area (Å²) in [4.78, 5) is 0. The highest BCUT2D eigenvalue weighted by Crippen LogP contribution is 2.29. The van der Waals surface area contributed by atoms with Gasteiger partial charge in [-0.15, -0.1) is 12.4 Å². The van der Waals surface area contributed by atoms with Gasteiger partial charge in [0.15, 0.2) is 11.5 Å². The number of ether oxygens (including phenoxy) is 2. The van der Waals surface area contributed by atoms with Gasteiger partial charge in [-0.25, -0.2) is 0 Å². The van der Waals surface area contributed by atoms with Crippen LogP contribution in [0.3, 0.4) is 0 Å². The van der Waals surface area contributed by atoms with Gasteiger partial charge in [0.05, 0.1) is 13.7 Å². The second kappa shape index (κ2) is 9.36. The molecule has 0 bridgehead atoms. The van der Waals surface area contributed by atoms with Crippen LogP contribution >= 0.6 is 12.4 Å². The Labute approximate surface area is 147 Å². The van der Waals surface area contributed by atoms with Crippen molar-refractivity contribution in [3.63, 3.8) is 0 Å². The highest BCUT2D eigenvalue weighted by Gasteiger charge is 2.24. The van der Waals surface area contributed by atoms with Crippen LogP contribution in [0.1, 0.15) is 46.6 Å². The number of methoxy groups -OCH3 is 1. The first-order valence-electron chi connectivity index (χ1n) is 7.82. The van der Waals surface area contributed by atoms with E-state index in [4.69, 9.17) is 14.6 Å². The molecule has 5 heteroatoms. The smallest absolute Gasteiger partial charge is 0.161 e. The Morgan fingerprint density at radius 2 is 1.74 bits per heavy atom. The second-order valence-electron chi connectivity index (χ2n) is 7.53. The predicted molar refractivity (Wildman–Crippen MR) is 97.8 cm³/mol. The lowest BCUT2D eigenvalue weighted by molar-refractivity contribution is 0.196. The molecule has 0 saturated heterocycles. The molecule has 0 fully saturated rings. The van der Waals surface area contributed by atoms with E-state index in [0.29, 0.717) is 11.5 Å². The van der Waals surface area contributed by atoms with Crippen molar-refractivity contribution in [2.45, 2.75) is 53.1 Å². The van der Waals surface area contributed by atoms with Gasteiger partial charge in [0, 0.05) is 12.1 Å². The average Bonchev–Trinajstić information content (AvgIpc) is 2.40. The summed E-state index contributed by atoms with van der Waals surface area (Å²) in [6.45, 7) is 12.3. The highest BCUT2D eigenvalue weighted by atomic mass is 35.5. The van der Waals surface area contributed by atoms with Crippen molar-refractivity contribution < 1.29 is 14.6 Å². The summed E-state index contributed by atoms with van der Waals surface area (Å²) >= 11 is 0. The van der Waals surface area contributed by atoms with Crippen LogP contribution in [0.4, 0.5) is 0 Å². The molecular formula is C18H32ClNO3. The molecular weight excluding hydrogens is 314 g/mol. The van der Waals surface area contributed by atoms with Crippen molar-refractivity contribution in [1.82, 2.24) is 5.32 Å². The normalized spacial score (nSPS) is 11.8. The van der Waals surface area contributed by atoms with Crippen LogP contribution in [0.2, 0.25) is 0 Å². The van der Waals surface area contributed by atoms with Gasteiger partial charge < -0.3 is 19.9 Å². The van der Waals surface area contributed by atoms with Crippen LogP contribution in [-0.4, -0.2) is 31.0 Å². The number of rotatable bonds is 8. The third kappa shape index (κ3) is 8.45. The largest absolute Gasteiger partial charge is 0.493 e. The third-order valence-corrected chi connectivity index (χ3v) is 3.32. The van der Waals surface area contributed by atoms with Crippen molar-refractivity contribution in [3.05, 3.63) is 23.8 Å². The van der Waals surface area contributed by atoms with Crippen LogP contribution in [-0.2, 0) is 6.54 Å². The lowest BCUT2D eigenvalue weighted by atomic mass is 9.82. The number of halogens is 1. The maximum atomic E-state index is 8.84. The maximum absolute atomic E-state index is 8.84. The fourth-order valence-electron chi connectivity index (χ4n) is 2.83. The van der Waals surface area contributed by atoms with Gasteiger partial charge in [-0.3, -0.25) is 0 Å². The molecule has 0 radical (unpaired) electrons. The zero-order chi connectivity index (χ0) is 16.8. The Hall–Kier alpha value is -0.970. The molecule has 4 nitrogen and oxygen atoms in total. The molecule has 0 heterocycles. The Kier molecular flexibility index (Phi) is 8.96. The minimum absolute atomic E-state index is 0. The lowest BCUT2D eigenvalue weighted by Crippen LogP contribution is -2.41. The summed E-state index contributed by atoms with van der Waals surface area (Å²) in [5, 5.41) is 12.4. The number of nitrogens with one attached hydrogen (secondary N) is 1. The second-order valence-corrected chi connectivity index (χ2v) is 7.53. The molecule has 1 rings (SSSR count). The number of hydrogen-bond acceptors (Lipinski definition) is 4. The summed E-state index contributed by atoms with van der Waals surface area (Å²) in [6, 6.07) is 5.89. The molecule has 2 N–H and O–H groups in total. The van der Waals surface area contributed by atoms with Crippen LogP contribution in [0.15, 0.2) is 18.2 Å². The van der Waals surface area contributed by atoms with Gasteiger partial charge in [-0.2, -0.15) is 0 Å². The van der Waals surface area contributed by atoms with Gasteiger partial charge >= 0.3 is 0 Å². The van der Waals surface area contributed by atoms with Gasteiger partial charge in [0.1, 0.15) is 6.61 Å². The maximum Gasteiger partial charge on any atom is 0.161 e. The molecule has 134 valence electrons. The highest BCUT2D eigenvalue weighted by molar-refractivity contribution is 5.85. The van der Waals surface area contributed by atoms with E-state index in [-0.39, 0.29) is 36.6 Å². The molecule has 0 spiro atoms. The van der Waals surface area contributed by atoms with Crippen LogP contribution in [0, 0.1) is 5.41 Å². The van der Waals surface area contributed by atoms with Crippen LogP contribution in [0.5, 0.6) is 11.5 Å². The molecule has 0 aromatic heterocycles. The van der Waals surface area contributed by atoms with E-state index in [1.807, 2.05) is 18.2 Å². The van der Waals surface area contributed by atoms with E-state index in [9.17, 15) is 0 Å². The SMILES string of the molecule is COc1cc(CNC(C)(C)CC(C)(C)C)ccc1OCCO.Cl. The summed E-state index contributed by atoms with van der Waals surface area (Å²) in [5.74, 6) is 1.36. The molecule has 0 saturated carbocycles. The van der Waals surface area contributed by atoms with Crippen molar-refractivity contribution in [2.24, 2.45) is 5.41 Å². The minimum atomic E-state index is -0.00649. The summed E-state index contributed by atoms with van der Waals surface area (Å²) in [6.07, 6.45) is 1.09. The van der Waals surface area contributed by atoms with Crippen molar-refractivity contribution in [3.8, 4) is 11.5 Å². The summed E-state index contributed by atoms with van der Waals surface area (Å²) < 4.78 is 10.8. The fourth-order valence-corrected chi connectivity index (χ4v) is 2.83. The first kappa shape index (κ1) is 22.0. The quantitative estimate of drug-likeness (QED) is 0.752. The molecule has 0 aliphatic rings. The molecule has 1 aromatic rings. The van der Waals surface area contributed by atoms with E-state index in [0.717, 1.165) is 18.5 Å². The monoisotopic (exact) mass is 345 g/mol. The molecule has 23 heavy (non-hydrogen) atoms. The number of aliphatic hydroxyl groups is 1. The van der Waals surface area contributed by atoms with Gasteiger partial charge in [0.25, 0.3) is 0 Å². The molecule has 0 aliphatic heterocycles. The van der Waals surface area contributed by atoms with E-state index in [1.54, 1.807) is 7.11 Å². The molecule has 0 amide bonds. The van der Waals surface area contributed by atoms with Gasteiger partial charge in [-0.1, -0.05) is 26.8 Å². The van der Waals surface area contributed by atoms with Gasteiger partial charge in [0.2, 0.25) is 0 Å². The average molecular weight is 346 g/mol. The Balaban J connectivity index is 0.00000484. The van der Waals surface area contributed by atoms with Crippen molar-refractivity contribution >= 4 is 12.4 Å². The lowest BCUT2D eigenvalue weighted by Gasteiger charge is -2.33. The van der Waals surface area contributed by atoms with Gasteiger partial charge in [-0.05, 0) is 43.4 Å². The van der Waals surface area contributed by atoms with Crippen LogP contribution in [0.25, 0.3) is 0 Å². The molecule has 1 aromatic carbocycles. The third-order valence-electron chi connectivity index (χ3n) is 3.32. The minimum Gasteiger partial charge on any atom is -0.493 e. The van der Waals surface area contributed by atoms with Crippen molar-refractivity contribution in [2.75, 3.05) is 20.3 Å². The Bertz CT molecular complexity index is 470. The van der Waals surface area contributed by atoms with Crippen LogP contribution < -0.4 is 14.8 Å². The number of hydrogen-bond donors (Lipinski definition) is 2. The molecule has 0 unspecified atom stereocenters. The molecule has 0 aliphatic carbocycles. The Morgan fingerprint density at radius 1 is 1.09 bits per heavy atom. The first-order chi connectivity index (χ1) is 10.2. The first-order valence-corrected chi connectivity index (χ1v) is 7.82. The van der Waals surface area contributed by atoms with E-state index in [2.05, 4.69) is 39.9 Å². The zero-order valence-corrected chi connectivity index (χ0v) is 16.0. The summed E-state index contributed by atoms with van der Waals surface area (Å²) in [7, 11) is 1.63. The van der Waals surface area contributed by atoms with E-state index >= 15 is 0 Å². The van der Waals surface area contributed by atoms with Crippen molar-refractivity contribution in [1.29, 1.82) is 0 Å².